The predicted molar refractivity (Wildman–Crippen MR) is 64.5 cm³/mol. The highest BCUT2D eigenvalue weighted by molar-refractivity contribution is 5.87. The summed E-state index contributed by atoms with van der Waals surface area (Å²) in [6.45, 7) is 2.29. The van der Waals surface area contributed by atoms with E-state index in [0.29, 0.717) is 5.69 Å². The smallest absolute Gasteiger partial charge is 0.357 e. The molecular formula is C14H13NO2. The second-order valence-electron chi connectivity index (χ2n) is 3.78. The van der Waals surface area contributed by atoms with E-state index in [1.54, 1.807) is 24.4 Å². The summed E-state index contributed by atoms with van der Waals surface area (Å²) in [5.74, 6) is -0.397. The summed E-state index contributed by atoms with van der Waals surface area (Å²) < 4.78 is 5.15. The van der Waals surface area contributed by atoms with Gasteiger partial charge in [-0.15, -0.1) is 0 Å². The molecule has 0 bridgehead atoms. The number of hydrogen-bond acceptors (Lipinski definition) is 3. The van der Waals surface area contributed by atoms with Crippen molar-refractivity contribution in [3.63, 3.8) is 0 Å². The third kappa shape index (κ3) is 3.14. The molecule has 0 unspecified atom stereocenters. The van der Waals surface area contributed by atoms with E-state index in [4.69, 9.17) is 4.74 Å². The van der Waals surface area contributed by atoms with Crippen LogP contribution in [0.5, 0.6) is 0 Å². The molecule has 0 saturated carbocycles. The topological polar surface area (TPSA) is 39.2 Å². The lowest BCUT2D eigenvalue weighted by molar-refractivity contribution is 0.0466. The van der Waals surface area contributed by atoms with Crippen LogP contribution < -0.4 is 0 Å². The van der Waals surface area contributed by atoms with Gasteiger partial charge in [-0.25, -0.2) is 9.78 Å². The summed E-state index contributed by atoms with van der Waals surface area (Å²) in [4.78, 5) is 15.5. The second kappa shape index (κ2) is 5.25. The number of carbonyl (C=O) groups is 1. The molecule has 0 aliphatic heterocycles. The first kappa shape index (κ1) is 11.3. The van der Waals surface area contributed by atoms with E-state index in [9.17, 15) is 4.79 Å². The second-order valence-corrected chi connectivity index (χ2v) is 3.78. The Morgan fingerprint density at radius 2 is 1.94 bits per heavy atom. The van der Waals surface area contributed by atoms with Crippen molar-refractivity contribution in [1.29, 1.82) is 0 Å². The van der Waals surface area contributed by atoms with Crippen LogP contribution in [0.3, 0.4) is 0 Å². The summed E-state index contributed by atoms with van der Waals surface area (Å²) in [6, 6.07) is 13.0. The summed E-state index contributed by atoms with van der Waals surface area (Å²) in [5, 5.41) is 0. The SMILES string of the molecule is Cc1ccc(COC(=O)c2ccccn2)cc1. The molecule has 86 valence electrons. The van der Waals surface area contributed by atoms with Crippen LogP contribution in [0.2, 0.25) is 0 Å². The Bertz CT molecular complexity index is 491. The monoisotopic (exact) mass is 227 g/mol. The lowest BCUT2D eigenvalue weighted by Gasteiger charge is -2.04. The van der Waals surface area contributed by atoms with E-state index in [0.717, 1.165) is 5.56 Å². The van der Waals surface area contributed by atoms with Gasteiger partial charge in [-0.1, -0.05) is 35.9 Å². The number of ether oxygens (including phenoxy) is 1. The summed E-state index contributed by atoms with van der Waals surface area (Å²) in [5.41, 5.74) is 2.49. The zero-order valence-corrected chi connectivity index (χ0v) is 9.59. The van der Waals surface area contributed by atoms with Crippen LogP contribution in [0.15, 0.2) is 48.7 Å². The minimum atomic E-state index is -0.397. The van der Waals surface area contributed by atoms with E-state index in [-0.39, 0.29) is 6.61 Å². The van der Waals surface area contributed by atoms with Crippen LogP contribution in [-0.2, 0) is 11.3 Å². The van der Waals surface area contributed by atoms with Gasteiger partial charge in [-0.2, -0.15) is 0 Å². The molecule has 1 heterocycles. The maximum absolute atomic E-state index is 11.6. The zero-order chi connectivity index (χ0) is 12.1. The molecule has 0 aliphatic rings. The van der Waals surface area contributed by atoms with Crippen molar-refractivity contribution < 1.29 is 9.53 Å². The molecule has 0 N–H and O–H groups in total. The molecule has 0 saturated heterocycles. The first-order valence-corrected chi connectivity index (χ1v) is 5.39. The fourth-order valence-electron chi connectivity index (χ4n) is 1.39. The molecule has 0 amide bonds. The van der Waals surface area contributed by atoms with E-state index < -0.39 is 5.97 Å². The molecule has 1 aromatic heterocycles. The van der Waals surface area contributed by atoms with E-state index in [2.05, 4.69) is 4.98 Å². The normalized spacial score (nSPS) is 9.94. The molecule has 2 aromatic rings. The summed E-state index contributed by atoms with van der Waals surface area (Å²) in [6.07, 6.45) is 1.57. The number of benzene rings is 1. The standard InChI is InChI=1S/C14H13NO2/c1-11-5-7-12(8-6-11)10-17-14(16)13-4-2-3-9-15-13/h2-9H,10H2,1H3. The fraction of sp³-hybridized carbons (Fsp3) is 0.143. The molecular weight excluding hydrogens is 214 g/mol. The molecule has 0 atom stereocenters. The molecule has 0 spiro atoms. The molecule has 2 rings (SSSR count). The van der Waals surface area contributed by atoms with Crippen LogP contribution in [-0.4, -0.2) is 11.0 Å². The maximum atomic E-state index is 11.6. The highest BCUT2D eigenvalue weighted by Crippen LogP contribution is 2.06. The van der Waals surface area contributed by atoms with Crippen LogP contribution in [0.25, 0.3) is 0 Å². The molecule has 3 heteroatoms. The number of pyridine rings is 1. The van der Waals surface area contributed by atoms with Gasteiger partial charge in [0.1, 0.15) is 12.3 Å². The minimum absolute atomic E-state index is 0.273. The van der Waals surface area contributed by atoms with Gasteiger partial charge in [0.2, 0.25) is 0 Å². The van der Waals surface area contributed by atoms with Crippen molar-refractivity contribution in [1.82, 2.24) is 4.98 Å². The average Bonchev–Trinajstić information content (AvgIpc) is 2.39. The van der Waals surface area contributed by atoms with Gasteiger partial charge in [0.25, 0.3) is 0 Å². The van der Waals surface area contributed by atoms with Crippen molar-refractivity contribution in [3.8, 4) is 0 Å². The lowest BCUT2D eigenvalue weighted by atomic mass is 10.2. The van der Waals surface area contributed by atoms with Gasteiger partial charge in [0.15, 0.2) is 0 Å². The van der Waals surface area contributed by atoms with Crippen LogP contribution in [0.4, 0.5) is 0 Å². The number of nitrogens with zero attached hydrogens (tertiary/aromatic N) is 1. The Morgan fingerprint density at radius 1 is 1.18 bits per heavy atom. The Labute approximate surface area is 100 Å². The Morgan fingerprint density at radius 3 is 2.59 bits per heavy atom. The van der Waals surface area contributed by atoms with Crippen molar-refractivity contribution in [2.45, 2.75) is 13.5 Å². The first-order chi connectivity index (χ1) is 8.25. The van der Waals surface area contributed by atoms with E-state index in [1.807, 2.05) is 31.2 Å². The van der Waals surface area contributed by atoms with Crippen LogP contribution in [0, 0.1) is 6.92 Å². The summed E-state index contributed by atoms with van der Waals surface area (Å²) >= 11 is 0. The van der Waals surface area contributed by atoms with Crippen LogP contribution in [0.1, 0.15) is 21.6 Å². The molecule has 3 nitrogen and oxygen atoms in total. The third-order valence-corrected chi connectivity index (χ3v) is 2.36. The molecule has 0 fully saturated rings. The number of esters is 1. The highest BCUT2D eigenvalue weighted by Gasteiger charge is 2.07. The Balaban J connectivity index is 1.95. The average molecular weight is 227 g/mol. The van der Waals surface area contributed by atoms with Crippen LogP contribution >= 0.6 is 0 Å². The van der Waals surface area contributed by atoms with Crippen molar-refractivity contribution in [3.05, 3.63) is 65.5 Å². The third-order valence-electron chi connectivity index (χ3n) is 2.36. The van der Waals surface area contributed by atoms with Crippen molar-refractivity contribution >= 4 is 5.97 Å². The van der Waals surface area contributed by atoms with Gasteiger partial charge in [-0.05, 0) is 24.6 Å². The van der Waals surface area contributed by atoms with Gasteiger partial charge in [0.05, 0.1) is 0 Å². The largest absolute Gasteiger partial charge is 0.456 e. The lowest BCUT2D eigenvalue weighted by Crippen LogP contribution is -2.06. The highest BCUT2D eigenvalue weighted by atomic mass is 16.5. The molecule has 1 aromatic carbocycles. The van der Waals surface area contributed by atoms with Gasteiger partial charge >= 0.3 is 5.97 Å². The van der Waals surface area contributed by atoms with Gasteiger partial charge in [0, 0.05) is 6.20 Å². The number of aromatic nitrogens is 1. The van der Waals surface area contributed by atoms with Gasteiger partial charge in [-0.3, -0.25) is 0 Å². The number of aryl methyl sites for hydroxylation is 1. The van der Waals surface area contributed by atoms with E-state index in [1.165, 1.54) is 5.56 Å². The molecule has 0 radical (unpaired) electrons. The number of rotatable bonds is 3. The summed E-state index contributed by atoms with van der Waals surface area (Å²) in [7, 11) is 0. The predicted octanol–water partition coefficient (Wildman–Crippen LogP) is 2.75. The molecule has 0 aliphatic carbocycles. The van der Waals surface area contributed by atoms with Gasteiger partial charge < -0.3 is 4.74 Å². The number of carbonyl (C=O) groups excluding carboxylic acids is 1. The maximum Gasteiger partial charge on any atom is 0.357 e. The minimum Gasteiger partial charge on any atom is -0.456 e. The van der Waals surface area contributed by atoms with E-state index >= 15 is 0 Å². The van der Waals surface area contributed by atoms with Crippen molar-refractivity contribution in [2.24, 2.45) is 0 Å². The Kier molecular flexibility index (Phi) is 3.50. The molecule has 17 heavy (non-hydrogen) atoms. The number of hydrogen-bond donors (Lipinski definition) is 0. The van der Waals surface area contributed by atoms with Crippen molar-refractivity contribution in [2.75, 3.05) is 0 Å². The fourth-order valence-corrected chi connectivity index (χ4v) is 1.39. The zero-order valence-electron chi connectivity index (χ0n) is 9.59. The quantitative estimate of drug-likeness (QED) is 0.757. The first-order valence-electron chi connectivity index (χ1n) is 5.39. The Hall–Kier alpha value is -2.16.